The molecule has 0 spiro atoms. The number of hydrogen-bond donors (Lipinski definition) is 2. The van der Waals surface area contributed by atoms with Gasteiger partial charge in [-0.25, -0.2) is 8.78 Å². The molecule has 2 aromatic carbocycles. The maximum atomic E-state index is 13.2. The van der Waals surface area contributed by atoms with Crippen LogP contribution in [0.5, 0.6) is 0 Å². The number of rotatable bonds is 13. The lowest BCUT2D eigenvalue weighted by Gasteiger charge is -2.29. The van der Waals surface area contributed by atoms with Gasteiger partial charge in [0, 0.05) is 11.8 Å². The zero-order valence-corrected chi connectivity index (χ0v) is 34.2. The van der Waals surface area contributed by atoms with Crippen molar-refractivity contribution in [2.45, 2.75) is 145 Å². The molecule has 0 amide bonds. The predicted octanol–water partition coefficient (Wildman–Crippen LogP) is 9.25. The molecule has 0 aliphatic rings. The largest absolute Gasteiger partial charge is 0.481 e. The lowest BCUT2D eigenvalue weighted by atomic mass is 9.84. The Labute approximate surface area is 315 Å². The predicted molar refractivity (Wildman–Crippen MR) is 202 cm³/mol. The summed E-state index contributed by atoms with van der Waals surface area (Å²) in [5.41, 5.74) is 0.784. The summed E-state index contributed by atoms with van der Waals surface area (Å²) in [6.07, 6.45) is -0.896. The molecule has 0 aliphatic heterocycles. The second kappa shape index (κ2) is 22.4. The molecule has 2 rings (SSSR count). The number of carbonyl (C=O) groups excluding carboxylic acids is 3. The van der Waals surface area contributed by atoms with Gasteiger partial charge in [-0.05, 0) is 103 Å². The van der Waals surface area contributed by atoms with E-state index < -0.39 is 59.1 Å². The van der Waals surface area contributed by atoms with Crippen LogP contribution in [-0.2, 0) is 33.4 Å². The van der Waals surface area contributed by atoms with Gasteiger partial charge in [0.15, 0.2) is 0 Å². The molecule has 0 radical (unpaired) electrons. The Balaban J connectivity index is 0.000000843. The van der Waals surface area contributed by atoms with Gasteiger partial charge in [0.25, 0.3) is 0 Å². The van der Waals surface area contributed by atoms with Crippen molar-refractivity contribution in [2.24, 2.45) is 23.7 Å². The highest BCUT2D eigenvalue weighted by Gasteiger charge is 2.29. The molecule has 0 saturated carbocycles. The number of aliphatic hydroxyl groups is 1. The average Bonchev–Trinajstić information content (AvgIpc) is 2.97. The first kappa shape index (κ1) is 49.1. The van der Waals surface area contributed by atoms with Crippen LogP contribution in [0.25, 0.3) is 0 Å². The first-order chi connectivity index (χ1) is 24.1. The van der Waals surface area contributed by atoms with Crippen molar-refractivity contribution in [3.8, 4) is 0 Å². The Bertz CT molecular complexity index is 1400. The van der Waals surface area contributed by atoms with Crippen molar-refractivity contribution < 1.29 is 52.4 Å². The summed E-state index contributed by atoms with van der Waals surface area (Å²) in [5.74, 6) is -3.55. The van der Waals surface area contributed by atoms with E-state index in [-0.39, 0.29) is 42.2 Å². The Hall–Kier alpha value is -3.86. The number of carbonyl (C=O) groups is 4. The Morgan fingerprint density at radius 3 is 1.25 bits per heavy atom. The fraction of sp³-hybridized carbons (Fsp3) is 0.619. The molecule has 0 saturated heterocycles. The highest BCUT2D eigenvalue weighted by molar-refractivity contribution is 5.80. The molecule has 0 unspecified atom stereocenters. The lowest BCUT2D eigenvalue weighted by molar-refractivity contribution is -0.163. The van der Waals surface area contributed by atoms with E-state index in [1.54, 1.807) is 79.7 Å². The van der Waals surface area contributed by atoms with E-state index >= 15 is 0 Å². The van der Waals surface area contributed by atoms with Gasteiger partial charge in [0.1, 0.15) is 28.9 Å². The number of halogens is 2. The van der Waals surface area contributed by atoms with Gasteiger partial charge >= 0.3 is 23.9 Å². The van der Waals surface area contributed by atoms with E-state index in [2.05, 4.69) is 13.8 Å². The van der Waals surface area contributed by atoms with Crippen LogP contribution < -0.4 is 0 Å². The minimum absolute atomic E-state index is 0.0221. The molecule has 9 nitrogen and oxygen atoms in total. The topological polar surface area (TPSA) is 136 Å². The standard InChI is InChI=1S/C21H31FO4.C12H17FO.C9H16O4/c1-13(2)19(16-8-10-17(22)11-9-16)15(4)25-20(24)14(3)12-18(23)26-21(5,6)7;1-8(2)12(9(3)14)10-4-6-11(13)7-5-10;1-6(8(11)12)5-7(10)13-9(2,3)4/h8-11,13-15,19H,12H2,1-7H3;4-9,12,14H,1-3H3;6H,5H2,1-4H3,(H,11,12)/t14-,15+,19-;9-,12+;6-/m101/s1. The van der Waals surface area contributed by atoms with Gasteiger partial charge in [-0.1, -0.05) is 65.8 Å². The third-order valence-corrected chi connectivity index (χ3v) is 7.88. The van der Waals surface area contributed by atoms with Gasteiger partial charge in [-0.15, -0.1) is 0 Å². The Kier molecular flexibility index (Phi) is 20.7. The SMILES string of the molecule is CC(C)[C@@H](c1ccc(F)cc1)[C@H](C)O.CC(C)[C@@H](c1ccc(F)cc1)[C@H](C)OC(=O)[C@H](C)CC(=O)OC(C)(C)C.C[C@H](CC(=O)OC(C)(C)C)C(=O)O. The monoisotopic (exact) mass is 750 g/mol. The summed E-state index contributed by atoms with van der Waals surface area (Å²) >= 11 is 0. The van der Waals surface area contributed by atoms with Crippen LogP contribution in [0.2, 0.25) is 0 Å². The molecule has 0 heterocycles. The fourth-order valence-corrected chi connectivity index (χ4v) is 5.60. The van der Waals surface area contributed by atoms with Crippen molar-refractivity contribution in [2.75, 3.05) is 0 Å². The second-order valence-electron chi connectivity index (χ2n) is 16.2. The van der Waals surface area contributed by atoms with E-state index in [0.717, 1.165) is 11.1 Å². The molecule has 6 atom stereocenters. The number of esters is 3. The smallest absolute Gasteiger partial charge is 0.309 e. The van der Waals surface area contributed by atoms with Crippen LogP contribution in [0.4, 0.5) is 8.78 Å². The highest BCUT2D eigenvalue weighted by atomic mass is 19.1. The molecular weight excluding hydrogens is 686 g/mol. The molecule has 53 heavy (non-hydrogen) atoms. The zero-order chi connectivity index (χ0) is 41.4. The number of aliphatic carboxylic acids is 1. The number of carboxylic acids is 1. The van der Waals surface area contributed by atoms with Gasteiger partial charge in [0.05, 0.1) is 30.8 Å². The van der Waals surface area contributed by atoms with Gasteiger partial charge in [-0.3, -0.25) is 19.2 Å². The lowest BCUT2D eigenvalue weighted by Crippen LogP contribution is -2.31. The third kappa shape index (κ3) is 20.8. The van der Waals surface area contributed by atoms with Crippen LogP contribution in [0.15, 0.2) is 48.5 Å². The quantitative estimate of drug-likeness (QED) is 0.152. The molecule has 2 aromatic rings. The average molecular weight is 751 g/mol. The summed E-state index contributed by atoms with van der Waals surface area (Å²) < 4.78 is 41.7. The van der Waals surface area contributed by atoms with Crippen molar-refractivity contribution >= 4 is 23.9 Å². The molecule has 300 valence electrons. The molecule has 0 fully saturated rings. The van der Waals surface area contributed by atoms with E-state index in [9.17, 15) is 33.1 Å². The molecular formula is C42H64F2O9. The zero-order valence-electron chi connectivity index (χ0n) is 34.2. The van der Waals surface area contributed by atoms with Crippen LogP contribution in [-0.4, -0.2) is 57.5 Å². The van der Waals surface area contributed by atoms with Gasteiger partial charge in [-0.2, -0.15) is 0 Å². The van der Waals surface area contributed by atoms with Crippen LogP contribution in [0, 0.1) is 35.3 Å². The van der Waals surface area contributed by atoms with Crippen molar-refractivity contribution in [3.63, 3.8) is 0 Å². The minimum atomic E-state index is -0.981. The number of carboxylic acid groups (broad SMARTS) is 1. The van der Waals surface area contributed by atoms with Crippen LogP contribution in [0.3, 0.4) is 0 Å². The van der Waals surface area contributed by atoms with Crippen molar-refractivity contribution in [1.29, 1.82) is 0 Å². The number of aliphatic hydroxyl groups excluding tert-OH is 1. The molecule has 11 heteroatoms. The van der Waals surface area contributed by atoms with Crippen LogP contribution in [0.1, 0.15) is 133 Å². The van der Waals surface area contributed by atoms with Crippen LogP contribution >= 0.6 is 0 Å². The minimum Gasteiger partial charge on any atom is -0.481 e. The Morgan fingerprint density at radius 1 is 0.604 bits per heavy atom. The van der Waals surface area contributed by atoms with E-state index in [4.69, 9.17) is 19.3 Å². The second-order valence-corrected chi connectivity index (χ2v) is 16.2. The molecule has 0 aromatic heterocycles. The van der Waals surface area contributed by atoms with Gasteiger partial charge in [0.2, 0.25) is 0 Å². The number of ether oxygens (including phenoxy) is 3. The maximum absolute atomic E-state index is 13.2. The third-order valence-electron chi connectivity index (χ3n) is 7.88. The summed E-state index contributed by atoms with van der Waals surface area (Å²) in [6, 6.07) is 12.6. The Morgan fingerprint density at radius 2 is 0.943 bits per heavy atom. The van der Waals surface area contributed by atoms with Crippen molar-refractivity contribution in [3.05, 3.63) is 71.3 Å². The first-order valence-corrected chi connectivity index (χ1v) is 18.2. The molecule has 2 N–H and O–H groups in total. The van der Waals surface area contributed by atoms with Crippen molar-refractivity contribution in [1.82, 2.24) is 0 Å². The number of benzene rings is 2. The first-order valence-electron chi connectivity index (χ1n) is 18.2. The van der Waals surface area contributed by atoms with Gasteiger partial charge < -0.3 is 24.4 Å². The summed E-state index contributed by atoms with van der Waals surface area (Å²) in [4.78, 5) is 45.7. The van der Waals surface area contributed by atoms with E-state index in [1.807, 2.05) is 20.8 Å². The number of hydrogen-bond acceptors (Lipinski definition) is 8. The highest BCUT2D eigenvalue weighted by Crippen LogP contribution is 2.31. The molecule has 0 aliphatic carbocycles. The maximum Gasteiger partial charge on any atom is 0.309 e. The van der Waals surface area contributed by atoms with E-state index in [0.29, 0.717) is 5.92 Å². The normalized spacial score (nSPS) is 14.9. The summed E-state index contributed by atoms with van der Waals surface area (Å²) in [6.45, 7) is 25.5. The fourth-order valence-electron chi connectivity index (χ4n) is 5.60. The summed E-state index contributed by atoms with van der Waals surface area (Å²) in [5, 5.41) is 18.1. The molecule has 0 bridgehead atoms. The van der Waals surface area contributed by atoms with E-state index in [1.165, 1.54) is 31.2 Å². The summed E-state index contributed by atoms with van der Waals surface area (Å²) in [7, 11) is 0.